The number of benzene rings is 1. The highest BCUT2D eigenvalue weighted by molar-refractivity contribution is 6.32. The Labute approximate surface area is 159 Å². The first-order chi connectivity index (χ1) is 12.2. The average Bonchev–Trinajstić information content (AvgIpc) is 2.59. The van der Waals surface area contributed by atoms with Gasteiger partial charge in [0.1, 0.15) is 6.07 Å². The Hall–Kier alpha value is -2.06. The molecule has 0 bridgehead atoms. The summed E-state index contributed by atoms with van der Waals surface area (Å²) < 4.78 is 5.18. The molecule has 1 aliphatic rings. The van der Waals surface area contributed by atoms with Gasteiger partial charge in [0.15, 0.2) is 6.61 Å². The van der Waals surface area contributed by atoms with Crippen LogP contribution in [0.5, 0.6) is 0 Å². The standard InChI is InChI=1S/C20H25ClN2O3/c1-20(2,3)15-7-4-13(5-8-15)19(25)26-12-18(24)23-16-9-6-14(11-22)17(21)10-16/h6,9-10,13,15H,4-5,7-8,12H2,1-3H3,(H,23,24). The van der Waals surface area contributed by atoms with E-state index in [-0.39, 0.29) is 28.9 Å². The third-order valence-electron chi connectivity index (χ3n) is 5.00. The maximum atomic E-state index is 12.2. The molecule has 0 radical (unpaired) electrons. The topological polar surface area (TPSA) is 79.2 Å². The first kappa shape index (κ1) is 20.3. The highest BCUT2D eigenvalue weighted by Crippen LogP contribution is 2.40. The van der Waals surface area contributed by atoms with Crippen molar-refractivity contribution in [2.75, 3.05) is 11.9 Å². The predicted octanol–water partition coefficient (Wildman–Crippen LogP) is 4.55. The van der Waals surface area contributed by atoms with Crippen LogP contribution in [0.3, 0.4) is 0 Å². The van der Waals surface area contributed by atoms with Gasteiger partial charge in [0.05, 0.1) is 16.5 Å². The lowest BCUT2D eigenvalue weighted by atomic mass is 9.70. The summed E-state index contributed by atoms with van der Waals surface area (Å²) in [4.78, 5) is 24.1. The van der Waals surface area contributed by atoms with Crippen LogP contribution in [-0.2, 0) is 14.3 Å². The number of ether oxygens (including phenoxy) is 1. The number of nitrogens with one attached hydrogen (secondary N) is 1. The molecule has 2 rings (SSSR count). The van der Waals surface area contributed by atoms with Gasteiger partial charge in [-0.15, -0.1) is 0 Å². The second kappa shape index (κ2) is 8.55. The van der Waals surface area contributed by atoms with E-state index in [1.807, 2.05) is 6.07 Å². The minimum absolute atomic E-state index is 0.120. The SMILES string of the molecule is CC(C)(C)C1CCC(C(=O)OCC(=O)Nc2ccc(C#N)c(Cl)c2)CC1. The van der Waals surface area contributed by atoms with Gasteiger partial charge in [-0.2, -0.15) is 5.26 Å². The van der Waals surface area contributed by atoms with Crippen LogP contribution in [-0.4, -0.2) is 18.5 Å². The van der Waals surface area contributed by atoms with Gasteiger partial charge in [0.25, 0.3) is 5.91 Å². The van der Waals surface area contributed by atoms with Gasteiger partial charge < -0.3 is 10.1 Å². The number of nitrogens with zero attached hydrogens (tertiary/aromatic N) is 1. The molecule has 140 valence electrons. The van der Waals surface area contributed by atoms with E-state index in [1.165, 1.54) is 12.1 Å². The van der Waals surface area contributed by atoms with E-state index in [0.717, 1.165) is 25.7 Å². The van der Waals surface area contributed by atoms with Gasteiger partial charge in [0, 0.05) is 5.69 Å². The van der Waals surface area contributed by atoms with Crippen molar-refractivity contribution in [2.45, 2.75) is 46.5 Å². The van der Waals surface area contributed by atoms with E-state index < -0.39 is 5.91 Å². The van der Waals surface area contributed by atoms with Crippen LogP contribution < -0.4 is 5.32 Å². The summed E-state index contributed by atoms with van der Waals surface area (Å²) in [5.41, 5.74) is 1.06. The van der Waals surface area contributed by atoms with E-state index in [4.69, 9.17) is 21.6 Å². The second-order valence-electron chi connectivity index (χ2n) is 7.88. The van der Waals surface area contributed by atoms with Crippen LogP contribution in [0.2, 0.25) is 5.02 Å². The summed E-state index contributed by atoms with van der Waals surface area (Å²) in [7, 11) is 0. The van der Waals surface area contributed by atoms with Crippen LogP contribution in [0.1, 0.15) is 52.0 Å². The minimum Gasteiger partial charge on any atom is -0.455 e. The molecule has 1 saturated carbocycles. The molecule has 0 saturated heterocycles. The lowest BCUT2D eigenvalue weighted by molar-refractivity contribution is -0.153. The summed E-state index contributed by atoms with van der Waals surface area (Å²) in [6.07, 6.45) is 3.65. The molecule has 1 N–H and O–H groups in total. The predicted molar refractivity (Wildman–Crippen MR) is 101 cm³/mol. The summed E-state index contributed by atoms with van der Waals surface area (Å²) in [5.74, 6) is -0.227. The number of halogens is 1. The van der Waals surface area contributed by atoms with Crippen molar-refractivity contribution in [3.8, 4) is 6.07 Å². The van der Waals surface area contributed by atoms with Gasteiger partial charge >= 0.3 is 5.97 Å². The molecular formula is C20H25ClN2O3. The number of carbonyl (C=O) groups excluding carboxylic acids is 2. The largest absolute Gasteiger partial charge is 0.455 e. The molecule has 0 heterocycles. The van der Waals surface area contributed by atoms with E-state index >= 15 is 0 Å². The first-order valence-corrected chi connectivity index (χ1v) is 9.24. The number of amides is 1. The van der Waals surface area contributed by atoms with Crippen molar-refractivity contribution >= 4 is 29.2 Å². The number of hydrogen-bond acceptors (Lipinski definition) is 4. The fourth-order valence-corrected chi connectivity index (χ4v) is 3.55. The highest BCUT2D eigenvalue weighted by atomic mass is 35.5. The van der Waals surface area contributed by atoms with Crippen molar-refractivity contribution < 1.29 is 14.3 Å². The number of esters is 1. The van der Waals surface area contributed by atoms with Crippen LogP contribution in [0, 0.1) is 28.6 Å². The van der Waals surface area contributed by atoms with Crippen molar-refractivity contribution in [1.82, 2.24) is 0 Å². The molecule has 5 nitrogen and oxygen atoms in total. The molecule has 1 amide bonds. The molecule has 0 unspecified atom stereocenters. The zero-order valence-electron chi connectivity index (χ0n) is 15.5. The van der Waals surface area contributed by atoms with Crippen LogP contribution in [0.15, 0.2) is 18.2 Å². The summed E-state index contributed by atoms with van der Waals surface area (Å²) in [5, 5.41) is 11.7. The van der Waals surface area contributed by atoms with Gasteiger partial charge in [-0.1, -0.05) is 32.4 Å². The maximum absolute atomic E-state index is 12.2. The quantitative estimate of drug-likeness (QED) is 0.782. The fourth-order valence-electron chi connectivity index (χ4n) is 3.33. The Balaban J connectivity index is 1.78. The van der Waals surface area contributed by atoms with Gasteiger partial charge in [-0.3, -0.25) is 9.59 Å². The van der Waals surface area contributed by atoms with Gasteiger partial charge in [0.2, 0.25) is 0 Å². The number of nitriles is 1. The lowest BCUT2D eigenvalue weighted by Crippen LogP contribution is -2.31. The Morgan fingerprint density at radius 2 is 1.92 bits per heavy atom. The maximum Gasteiger partial charge on any atom is 0.309 e. The van der Waals surface area contributed by atoms with E-state index in [0.29, 0.717) is 17.2 Å². The van der Waals surface area contributed by atoms with Crippen molar-refractivity contribution in [3.63, 3.8) is 0 Å². The number of anilines is 1. The molecule has 6 heteroatoms. The van der Waals surface area contributed by atoms with Crippen LogP contribution in [0.25, 0.3) is 0 Å². The zero-order valence-corrected chi connectivity index (χ0v) is 16.2. The van der Waals surface area contributed by atoms with E-state index in [9.17, 15) is 9.59 Å². The third kappa shape index (κ3) is 5.47. The Morgan fingerprint density at radius 1 is 1.27 bits per heavy atom. The summed E-state index contributed by atoms with van der Waals surface area (Å²) >= 11 is 5.93. The Kier molecular flexibility index (Phi) is 6.66. The number of rotatable bonds is 4. The van der Waals surface area contributed by atoms with E-state index in [1.54, 1.807) is 6.07 Å². The summed E-state index contributed by atoms with van der Waals surface area (Å²) in [6, 6.07) is 6.55. The molecule has 0 atom stereocenters. The zero-order chi connectivity index (χ0) is 19.3. The number of hydrogen-bond donors (Lipinski definition) is 1. The highest BCUT2D eigenvalue weighted by Gasteiger charge is 2.33. The molecule has 0 aliphatic heterocycles. The minimum atomic E-state index is -0.428. The fraction of sp³-hybridized carbons (Fsp3) is 0.550. The Bertz CT molecular complexity index is 711. The van der Waals surface area contributed by atoms with E-state index in [2.05, 4.69) is 26.1 Å². The van der Waals surface area contributed by atoms with Crippen molar-refractivity contribution in [3.05, 3.63) is 28.8 Å². The Morgan fingerprint density at radius 3 is 2.46 bits per heavy atom. The van der Waals surface area contributed by atoms with Crippen LogP contribution in [0.4, 0.5) is 5.69 Å². The lowest BCUT2D eigenvalue weighted by Gasteiger charge is -2.36. The molecule has 0 aromatic heterocycles. The molecule has 1 aromatic rings. The second-order valence-corrected chi connectivity index (χ2v) is 8.28. The van der Waals surface area contributed by atoms with Gasteiger partial charge in [-0.25, -0.2) is 0 Å². The van der Waals surface area contributed by atoms with Gasteiger partial charge in [-0.05, 0) is 55.2 Å². The molecule has 0 spiro atoms. The van der Waals surface area contributed by atoms with Crippen LogP contribution >= 0.6 is 11.6 Å². The first-order valence-electron chi connectivity index (χ1n) is 8.87. The number of carbonyl (C=O) groups is 2. The third-order valence-corrected chi connectivity index (χ3v) is 5.32. The normalized spacial score (nSPS) is 20.1. The molecule has 1 aliphatic carbocycles. The van der Waals surface area contributed by atoms with Crippen molar-refractivity contribution in [1.29, 1.82) is 5.26 Å². The summed E-state index contributed by atoms with van der Waals surface area (Å²) in [6.45, 7) is 6.37. The molecular weight excluding hydrogens is 352 g/mol. The molecule has 26 heavy (non-hydrogen) atoms. The smallest absolute Gasteiger partial charge is 0.309 e. The van der Waals surface area contributed by atoms with Crippen molar-refractivity contribution in [2.24, 2.45) is 17.3 Å². The monoisotopic (exact) mass is 376 g/mol. The molecule has 1 fully saturated rings. The average molecular weight is 377 g/mol. The molecule has 1 aromatic carbocycles.